The van der Waals surface area contributed by atoms with E-state index in [1.54, 1.807) is 24.5 Å². The quantitative estimate of drug-likeness (QED) is 0.437. The van der Waals surface area contributed by atoms with Gasteiger partial charge in [-0.2, -0.15) is 0 Å². The van der Waals surface area contributed by atoms with Crippen molar-refractivity contribution < 1.29 is 9.90 Å². The molecular weight excluding hydrogens is 288 g/mol. The van der Waals surface area contributed by atoms with Gasteiger partial charge < -0.3 is 10.1 Å². The van der Waals surface area contributed by atoms with Crippen molar-refractivity contribution in [2.24, 2.45) is 0 Å². The number of aromatic amines is 1. The van der Waals surface area contributed by atoms with E-state index < -0.39 is 0 Å². The van der Waals surface area contributed by atoms with Gasteiger partial charge in [0.05, 0.1) is 6.33 Å². The number of nitrogens with one attached hydrogen (secondary N) is 1. The van der Waals surface area contributed by atoms with Gasteiger partial charge in [0.2, 0.25) is 0 Å². The molecule has 2 aromatic heterocycles. The molecule has 3 rings (SSSR count). The van der Waals surface area contributed by atoms with Gasteiger partial charge in [0.1, 0.15) is 22.6 Å². The first kappa shape index (κ1) is 13.6. The van der Waals surface area contributed by atoms with E-state index in [2.05, 4.69) is 19.9 Å². The lowest BCUT2D eigenvalue weighted by atomic mass is 10.1. The van der Waals surface area contributed by atoms with Crippen LogP contribution in [0.15, 0.2) is 35.9 Å². The second kappa shape index (κ2) is 5.53. The van der Waals surface area contributed by atoms with Crippen molar-refractivity contribution in [1.29, 1.82) is 0 Å². The third kappa shape index (κ3) is 2.73. The normalized spacial score (nSPS) is 10.9. The van der Waals surface area contributed by atoms with Gasteiger partial charge in [0, 0.05) is 16.9 Å². The van der Waals surface area contributed by atoms with E-state index in [-0.39, 0.29) is 11.5 Å². The Labute approximate surface area is 124 Å². The lowest BCUT2D eigenvalue weighted by molar-refractivity contribution is 0.101. The zero-order chi connectivity index (χ0) is 14.8. The smallest absolute Gasteiger partial charge is 0.181 e. The number of nitrogens with zero attached hydrogens (tertiary/aromatic N) is 3. The van der Waals surface area contributed by atoms with Crippen LogP contribution in [0.2, 0.25) is 0 Å². The minimum absolute atomic E-state index is 0.0285. The number of aromatic nitrogens is 4. The number of Topliss-reactive ketones (excluding diaryl/α,β-unsaturated/α-hetero) is 1. The number of hydrogen-bond donors (Lipinski definition) is 2. The summed E-state index contributed by atoms with van der Waals surface area (Å²) >= 11 is 1.45. The van der Waals surface area contributed by atoms with Crippen molar-refractivity contribution in [2.75, 3.05) is 0 Å². The number of fused-ring (bicyclic) bond motifs is 1. The van der Waals surface area contributed by atoms with Crippen LogP contribution in [0, 0.1) is 0 Å². The van der Waals surface area contributed by atoms with Crippen molar-refractivity contribution in [3.63, 3.8) is 0 Å². The van der Waals surface area contributed by atoms with Crippen molar-refractivity contribution >= 4 is 28.7 Å². The van der Waals surface area contributed by atoms with Crippen LogP contribution in [0.5, 0.6) is 5.75 Å². The van der Waals surface area contributed by atoms with Crippen molar-refractivity contribution in [2.45, 2.75) is 17.7 Å². The topological polar surface area (TPSA) is 91.8 Å². The number of phenols is 1. The molecule has 0 fully saturated rings. The first-order chi connectivity index (χ1) is 10.1. The zero-order valence-corrected chi connectivity index (χ0v) is 12.0. The van der Waals surface area contributed by atoms with Crippen LogP contribution >= 0.6 is 11.8 Å². The maximum absolute atomic E-state index is 11.4. The molecule has 0 atom stereocenters. The van der Waals surface area contributed by atoms with Crippen LogP contribution in [0.25, 0.3) is 11.2 Å². The third-order valence-electron chi connectivity index (χ3n) is 3.04. The van der Waals surface area contributed by atoms with Crippen LogP contribution < -0.4 is 0 Å². The third-order valence-corrected chi connectivity index (χ3v) is 4.08. The molecule has 0 bridgehead atoms. The Morgan fingerprint density at radius 3 is 3.00 bits per heavy atom. The van der Waals surface area contributed by atoms with Crippen LogP contribution in [0.3, 0.4) is 0 Å². The van der Waals surface area contributed by atoms with Crippen LogP contribution in [0.1, 0.15) is 22.8 Å². The first-order valence-corrected chi connectivity index (χ1v) is 7.23. The number of phenolic OH excluding ortho intramolecular Hbond substituents is 1. The molecule has 1 aromatic carbocycles. The summed E-state index contributed by atoms with van der Waals surface area (Å²) in [5.74, 6) is 0.639. The minimum Gasteiger partial charge on any atom is -0.508 e. The van der Waals surface area contributed by atoms with Crippen LogP contribution in [-0.4, -0.2) is 30.8 Å². The number of thioether (sulfide) groups is 1. The Hall–Kier alpha value is -2.41. The summed E-state index contributed by atoms with van der Waals surface area (Å²) in [7, 11) is 0. The molecule has 0 aliphatic rings. The summed E-state index contributed by atoms with van der Waals surface area (Å²) in [6.45, 7) is 1.50. The summed E-state index contributed by atoms with van der Waals surface area (Å²) in [6, 6.07) is 4.86. The van der Waals surface area contributed by atoms with Gasteiger partial charge in [0.25, 0.3) is 0 Å². The van der Waals surface area contributed by atoms with Gasteiger partial charge >= 0.3 is 0 Å². The average Bonchev–Trinajstić information content (AvgIpc) is 2.95. The molecule has 3 aromatic rings. The van der Waals surface area contributed by atoms with E-state index >= 15 is 0 Å². The van der Waals surface area contributed by atoms with Gasteiger partial charge in [-0.25, -0.2) is 15.0 Å². The lowest BCUT2D eigenvalue weighted by Gasteiger charge is -2.06. The van der Waals surface area contributed by atoms with E-state index in [9.17, 15) is 9.90 Å². The molecular formula is C14H12N4O2S. The lowest BCUT2D eigenvalue weighted by Crippen LogP contribution is -1.94. The molecule has 0 aliphatic heterocycles. The van der Waals surface area contributed by atoms with E-state index in [4.69, 9.17) is 0 Å². The molecule has 0 aliphatic carbocycles. The average molecular weight is 300 g/mol. The van der Waals surface area contributed by atoms with Gasteiger partial charge in [0.15, 0.2) is 11.4 Å². The molecule has 0 saturated carbocycles. The number of hydrogen-bond acceptors (Lipinski definition) is 6. The largest absolute Gasteiger partial charge is 0.508 e. The maximum atomic E-state index is 11.4. The van der Waals surface area contributed by atoms with E-state index in [1.165, 1.54) is 25.0 Å². The van der Waals surface area contributed by atoms with Crippen molar-refractivity contribution in [3.05, 3.63) is 42.0 Å². The number of rotatable bonds is 4. The highest BCUT2D eigenvalue weighted by Crippen LogP contribution is 2.29. The summed E-state index contributed by atoms with van der Waals surface area (Å²) in [5.41, 5.74) is 2.65. The van der Waals surface area contributed by atoms with Crippen LogP contribution in [-0.2, 0) is 5.75 Å². The van der Waals surface area contributed by atoms with E-state index in [0.717, 1.165) is 10.5 Å². The van der Waals surface area contributed by atoms with E-state index in [0.29, 0.717) is 22.5 Å². The van der Waals surface area contributed by atoms with Crippen molar-refractivity contribution in [1.82, 2.24) is 19.9 Å². The Kier molecular flexibility index (Phi) is 3.57. The highest BCUT2D eigenvalue weighted by molar-refractivity contribution is 7.98. The molecule has 7 heteroatoms. The Morgan fingerprint density at radius 2 is 2.19 bits per heavy atom. The highest BCUT2D eigenvalue weighted by Gasteiger charge is 2.10. The molecule has 2 N–H and O–H groups in total. The number of ketones is 1. The molecule has 0 unspecified atom stereocenters. The number of carbonyl (C=O) groups excluding carboxylic acids is 1. The zero-order valence-electron chi connectivity index (χ0n) is 11.2. The predicted octanol–water partition coefficient (Wildman–Crippen LogP) is 2.55. The minimum atomic E-state index is -0.0285. The molecule has 0 saturated heterocycles. The Balaban J connectivity index is 1.86. The summed E-state index contributed by atoms with van der Waals surface area (Å²) in [6.07, 6.45) is 3.02. The van der Waals surface area contributed by atoms with Gasteiger partial charge in [-0.3, -0.25) is 4.79 Å². The van der Waals surface area contributed by atoms with Crippen molar-refractivity contribution in [3.8, 4) is 5.75 Å². The SMILES string of the molecule is CC(=O)c1ccc(O)c(CSc2ncnc3nc[nH]c23)c1. The number of H-pyrrole nitrogens is 1. The standard InChI is InChI=1S/C14H12N4O2S/c1-8(19)9-2-3-11(20)10(4-9)5-21-14-12-13(16-6-15-12)17-7-18-14/h2-4,6-7,20H,5H2,1H3,(H,15,16,17,18). The highest BCUT2D eigenvalue weighted by atomic mass is 32.2. The molecule has 0 radical (unpaired) electrons. The van der Waals surface area contributed by atoms with Crippen LogP contribution in [0.4, 0.5) is 0 Å². The molecule has 0 spiro atoms. The summed E-state index contributed by atoms with van der Waals surface area (Å²) in [4.78, 5) is 26.7. The number of carbonyl (C=O) groups is 1. The second-order valence-electron chi connectivity index (χ2n) is 4.47. The fraction of sp³-hybridized carbons (Fsp3) is 0.143. The van der Waals surface area contributed by atoms with Gasteiger partial charge in [-0.15, -0.1) is 0 Å². The molecule has 21 heavy (non-hydrogen) atoms. The monoisotopic (exact) mass is 300 g/mol. The fourth-order valence-corrected chi connectivity index (χ4v) is 2.86. The molecule has 0 amide bonds. The Morgan fingerprint density at radius 1 is 1.33 bits per heavy atom. The van der Waals surface area contributed by atoms with Gasteiger partial charge in [-0.05, 0) is 25.1 Å². The number of imidazole rings is 1. The summed E-state index contributed by atoms with van der Waals surface area (Å²) < 4.78 is 0. The summed E-state index contributed by atoms with van der Waals surface area (Å²) in [5, 5.41) is 10.6. The molecule has 106 valence electrons. The molecule has 2 heterocycles. The second-order valence-corrected chi connectivity index (χ2v) is 5.43. The molecule has 6 nitrogen and oxygen atoms in total. The first-order valence-electron chi connectivity index (χ1n) is 6.25. The number of benzene rings is 1. The fourth-order valence-electron chi connectivity index (χ4n) is 1.92. The number of aromatic hydroxyl groups is 1. The Bertz CT molecular complexity index is 816. The van der Waals surface area contributed by atoms with E-state index in [1.807, 2.05) is 0 Å². The van der Waals surface area contributed by atoms with Gasteiger partial charge in [-0.1, -0.05) is 11.8 Å². The predicted molar refractivity (Wildman–Crippen MR) is 79.4 cm³/mol. The maximum Gasteiger partial charge on any atom is 0.181 e.